The van der Waals surface area contributed by atoms with Crippen LogP contribution in [0.4, 0.5) is 0 Å². The van der Waals surface area contributed by atoms with Crippen molar-refractivity contribution in [1.82, 2.24) is 15.0 Å². The summed E-state index contributed by atoms with van der Waals surface area (Å²) in [5.74, 6) is 0.834. The van der Waals surface area contributed by atoms with Gasteiger partial charge in [-0.25, -0.2) is 0 Å². The molecule has 3 nitrogen and oxygen atoms in total. The number of nitrogens with zero attached hydrogens (tertiary/aromatic N) is 3. The highest BCUT2D eigenvalue weighted by Gasteiger charge is 2.70. The predicted octanol–water partition coefficient (Wildman–Crippen LogP) is 1.89. The van der Waals surface area contributed by atoms with Gasteiger partial charge in [0.05, 0.1) is 11.9 Å². The molecule has 1 aromatic heterocycles. The van der Waals surface area contributed by atoms with Gasteiger partial charge in [0.2, 0.25) is 0 Å². The van der Waals surface area contributed by atoms with E-state index < -0.39 is 0 Å². The molecule has 2 bridgehead atoms. The zero-order valence-electron chi connectivity index (χ0n) is 9.12. The van der Waals surface area contributed by atoms with E-state index in [2.05, 4.69) is 24.0 Å². The first-order valence-corrected chi connectivity index (χ1v) is 5.43. The van der Waals surface area contributed by atoms with Gasteiger partial charge < -0.3 is 0 Å². The summed E-state index contributed by atoms with van der Waals surface area (Å²) in [4.78, 5) is 1.68. The molecule has 3 aliphatic rings. The van der Waals surface area contributed by atoms with E-state index in [0.717, 1.165) is 5.92 Å². The zero-order valence-corrected chi connectivity index (χ0v) is 9.12. The van der Waals surface area contributed by atoms with Crippen LogP contribution in [0.15, 0.2) is 6.20 Å². The third-order valence-corrected chi connectivity index (χ3v) is 4.44. The van der Waals surface area contributed by atoms with Crippen LogP contribution in [0.5, 0.6) is 0 Å². The van der Waals surface area contributed by atoms with Gasteiger partial charge >= 0.3 is 0 Å². The van der Waals surface area contributed by atoms with Crippen molar-refractivity contribution in [2.24, 2.45) is 18.4 Å². The van der Waals surface area contributed by atoms with Crippen LogP contribution < -0.4 is 0 Å². The van der Waals surface area contributed by atoms with E-state index in [1.807, 2.05) is 13.2 Å². The smallest absolute Gasteiger partial charge is 0.0889 e. The molecule has 1 aromatic rings. The van der Waals surface area contributed by atoms with Crippen LogP contribution >= 0.6 is 0 Å². The van der Waals surface area contributed by atoms with Crippen molar-refractivity contribution in [2.75, 3.05) is 0 Å². The lowest BCUT2D eigenvalue weighted by molar-refractivity contribution is -0.174. The van der Waals surface area contributed by atoms with Gasteiger partial charge in [0.25, 0.3) is 0 Å². The predicted molar refractivity (Wildman–Crippen MR) is 53.8 cm³/mol. The minimum atomic E-state index is 0.429. The van der Waals surface area contributed by atoms with E-state index in [-0.39, 0.29) is 0 Å². The largest absolute Gasteiger partial charge is 0.188 e. The fraction of sp³-hybridized carbons (Fsp3) is 0.818. The van der Waals surface area contributed by atoms with Gasteiger partial charge in [-0.15, -0.1) is 0 Å². The Morgan fingerprint density at radius 1 is 1.36 bits per heavy atom. The van der Waals surface area contributed by atoms with Gasteiger partial charge in [0, 0.05) is 12.5 Å². The van der Waals surface area contributed by atoms with Crippen LogP contribution in [0.25, 0.3) is 0 Å². The number of hydrogen-bond donors (Lipinski definition) is 0. The highest BCUT2D eigenvalue weighted by atomic mass is 15.4. The molecule has 0 N–H and O–H groups in total. The molecule has 1 heterocycles. The summed E-state index contributed by atoms with van der Waals surface area (Å²) in [5, 5.41) is 8.60. The summed E-state index contributed by atoms with van der Waals surface area (Å²) in [7, 11) is 1.90. The third-order valence-electron chi connectivity index (χ3n) is 4.44. The Morgan fingerprint density at radius 3 is 2.43 bits per heavy atom. The maximum Gasteiger partial charge on any atom is 0.0889 e. The molecule has 0 spiro atoms. The number of aryl methyl sites for hydroxylation is 1. The highest BCUT2D eigenvalue weighted by Crippen LogP contribution is 2.75. The van der Waals surface area contributed by atoms with Crippen LogP contribution in [0.3, 0.4) is 0 Å². The maximum atomic E-state index is 4.44. The molecular formula is C11H17N3. The summed E-state index contributed by atoms with van der Waals surface area (Å²) in [6.45, 7) is 4.69. The van der Waals surface area contributed by atoms with Crippen molar-refractivity contribution in [3.8, 4) is 0 Å². The average Bonchev–Trinajstić information content (AvgIpc) is 2.28. The molecular weight excluding hydrogens is 174 g/mol. The fourth-order valence-electron chi connectivity index (χ4n) is 3.34. The van der Waals surface area contributed by atoms with Crippen molar-refractivity contribution in [2.45, 2.75) is 38.5 Å². The molecule has 4 rings (SSSR count). The molecule has 76 valence electrons. The van der Waals surface area contributed by atoms with Crippen molar-refractivity contribution < 1.29 is 0 Å². The van der Waals surface area contributed by atoms with Crippen LogP contribution in [0, 0.1) is 11.3 Å². The summed E-state index contributed by atoms with van der Waals surface area (Å²) >= 11 is 0. The zero-order chi connectivity index (χ0) is 9.97. The fourth-order valence-corrected chi connectivity index (χ4v) is 3.34. The first-order valence-electron chi connectivity index (χ1n) is 5.43. The summed E-state index contributed by atoms with van der Waals surface area (Å²) in [6.07, 6.45) is 5.98. The lowest BCUT2D eigenvalue weighted by Gasteiger charge is -2.72. The molecule has 0 amide bonds. The monoisotopic (exact) mass is 191 g/mol. The number of rotatable bonds is 2. The molecule has 3 fully saturated rings. The Balaban J connectivity index is 1.81. The Morgan fingerprint density at radius 2 is 2.00 bits per heavy atom. The van der Waals surface area contributed by atoms with E-state index in [4.69, 9.17) is 0 Å². The van der Waals surface area contributed by atoms with Gasteiger partial charge in [-0.05, 0) is 30.6 Å². The minimum Gasteiger partial charge on any atom is -0.188 e. The SMILES string of the molecule is CC(C)C12CC(c3cnn(C)n3)(C1)C2. The second kappa shape index (κ2) is 2.20. The summed E-state index contributed by atoms with van der Waals surface area (Å²) in [6, 6.07) is 0. The summed E-state index contributed by atoms with van der Waals surface area (Å²) in [5.41, 5.74) is 2.32. The lowest BCUT2D eigenvalue weighted by Crippen LogP contribution is -2.66. The van der Waals surface area contributed by atoms with Crippen LogP contribution in [0.2, 0.25) is 0 Å². The molecule has 0 atom stereocenters. The van der Waals surface area contributed by atoms with E-state index >= 15 is 0 Å². The van der Waals surface area contributed by atoms with Gasteiger partial charge in [-0.1, -0.05) is 13.8 Å². The van der Waals surface area contributed by atoms with Crippen molar-refractivity contribution in [3.63, 3.8) is 0 Å². The van der Waals surface area contributed by atoms with Gasteiger partial charge in [0.1, 0.15) is 0 Å². The second-order valence-electron chi connectivity index (χ2n) is 5.55. The maximum absolute atomic E-state index is 4.44. The van der Waals surface area contributed by atoms with Gasteiger partial charge in [-0.3, -0.25) is 0 Å². The van der Waals surface area contributed by atoms with Crippen molar-refractivity contribution in [1.29, 1.82) is 0 Å². The molecule has 0 radical (unpaired) electrons. The number of aromatic nitrogens is 3. The van der Waals surface area contributed by atoms with Gasteiger partial charge in [0.15, 0.2) is 0 Å². The molecule has 3 heteroatoms. The molecule has 3 aliphatic carbocycles. The Hall–Kier alpha value is -0.860. The molecule has 3 saturated carbocycles. The van der Waals surface area contributed by atoms with Crippen LogP contribution in [0.1, 0.15) is 38.8 Å². The van der Waals surface area contributed by atoms with E-state index in [9.17, 15) is 0 Å². The van der Waals surface area contributed by atoms with Crippen molar-refractivity contribution >= 4 is 0 Å². The summed E-state index contributed by atoms with van der Waals surface area (Å²) < 4.78 is 0. The normalized spacial score (nSPS) is 39.4. The van der Waals surface area contributed by atoms with Crippen LogP contribution in [-0.4, -0.2) is 15.0 Å². The minimum absolute atomic E-state index is 0.429. The van der Waals surface area contributed by atoms with E-state index in [1.165, 1.54) is 25.0 Å². The quantitative estimate of drug-likeness (QED) is 0.714. The molecule has 0 unspecified atom stereocenters. The topological polar surface area (TPSA) is 30.7 Å². The van der Waals surface area contributed by atoms with Crippen LogP contribution in [-0.2, 0) is 12.5 Å². The third kappa shape index (κ3) is 0.787. The van der Waals surface area contributed by atoms with Gasteiger partial charge in [-0.2, -0.15) is 15.0 Å². The van der Waals surface area contributed by atoms with E-state index in [1.54, 1.807) is 4.80 Å². The molecule has 0 aliphatic heterocycles. The highest BCUT2D eigenvalue weighted by molar-refractivity contribution is 5.33. The van der Waals surface area contributed by atoms with Crippen molar-refractivity contribution in [3.05, 3.63) is 11.9 Å². The second-order valence-corrected chi connectivity index (χ2v) is 5.55. The molecule has 0 saturated heterocycles. The standard InChI is InChI=1S/C11H17N3/c1-8(2)10-5-11(6-10,7-10)9-4-12-14(3)13-9/h4,8H,5-7H2,1-3H3. The lowest BCUT2D eigenvalue weighted by atomic mass is 9.31. The first kappa shape index (κ1) is 8.45. The van der Waals surface area contributed by atoms with E-state index in [0.29, 0.717) is 10.8 Å². The Labute approximate surface area is 84.5 Å². The average molecular weight is 191 g/mol. The first-order chi connectivity index (χ1) is 6.56. The number of hydrogen-bond acceptors (Lipinski definition) is 2. The Bertz CT molecular complexity index is 358. The molecule has 14 heavy (non-hydrogen) atoms. The molecule has 0 aromatic carbocycles. The Kier molecular flexibility index (Phi) is 1.33.